The molecule has 0 radical (unpaired) electrons. The van der Waals surface area contributed by atoms with Crippen molar-refractivity contribution >= 4 is 33.2 Å². The fourth-order valence-corrected chi connectivity index (χ4v) is 3.66. The fraction of sp³-hybridized carbons (Fsp3) is 0.385. The monoisotopic (exact) mass is 338 g/mol. The first-order valence-electron chi connectivity index (χ1n) is 6.25. The van der Waals surface area contributed by atoms with Crippen LogP contribution in [-0.2, 0) is 0 Å². The molecule has 0 aromatic carbocycles. The number of thiophene rings is 1. The number of halogens is 1. The molecule has 0 bridgehead atoms. The van der Waals surface area contributed by atoms with Crippen molar-refractivity contribution in [2.24, 2.45) is 0 Å². The van der Waals surface area contributed by atoms with Gasteiger partial charge in [-0.05, 0) is 35.5 Å². The minimum Gasteiger partial charge on any atom is -0.339 e. The van der Waals surface area contributed by atoms with Gasteiger partial charge in [-0.1, -0.05) is 0 Å². The van der Waals surface area contributed by atoms with Crippen LogP contribution in [0.3, 0.4) is 0 Å². The standard InChI is InChI=1S/C13H15BrN4S/c1-15-11-2-3-18(7-11)13-16-5-9(6-17-13)12-4-10(14)8-19-12/h4-6,8,11,15H,2-3,7H2,1H3. The highest BCUT2D eigenvalue weighted by Crippen LogP contribution is 2.29. The van der Waals surface area contributed by atoms with Gasteiger partial charge in [0.1, 0.15) is 0 Å². The molecule has 100 valence electrons. The Morgan fingerprint density at radius 3 is 2.79 bits per heavy atom. The van der Waals surface area contributed by atoms with Crippen molar-refractivity contribution in [3.63, 3.8) is 0 Å². The van der Waals surface area contributed by atoms with Crippen LogP contribution in [0.15, 0.2) is 28.3 Å². The van der Waals surface area contributed by atoms with Crippen molar-refractivity contribution in [3.05, 3.63) is 28.3 Å². The number of aromatic nitrogens is 2. The number of nitrogens with one attached hydrogen (secondary N) is 1. The Kier molecular flexibility index (Phi) is 3.81. The van der Waals surface area contributed by atoms with Crippen molar-refractivity contribution in [1.82, 2.24) is 15.3 Å². The minimum absolute atomic E-state index is 0.552. The zero-order chi connectivity index (χ0) is 13.2. The zero-order valence-corrected chi connectivity index (χ0v) is 13.0. The molecule has 3 heterocycles. The van der Waals surface area contributed by atoms with Gasteiger partial charge in [-0.3, -0.25) is 0 Å². The molecule has 1 aliphatic heterocycles. The molecule has 1 N–H and O–H groups in total. The Morgan fingerprint density at radius 1 is 1.42 bits per heavy atom. The van der Waals surface area contributed by atoms with Crippen LogP contribution in [0.4, 0.5) is 5.95 Å². The van der Waals surface area contributed by atoms with E-state index in [4.69, 9.17) is 0 Å². The summed E-state index contributed by atoms with van der Waals surface area (Å²) < 4.78 is 1.10. The molecule has 2 aromatic heterocycles. The summed E-state index contributed by atoms with van der Waals surface area (Å²) in [6.45, 7) is 2.01. The first-order valence-corrected chi connectivity index (χ1v) is 7.92. The van der Waals surface area contributed by atoms with Crippen LogP contribution in [-0.4, -0.2) is 36.1 Å². The Hall–Kier alpha value is -0.980. The van der Waals surface area contributed by atoms with Crippen LogP contribution in [0.25, 0.3) is 10.4 Å². The lowest BCUT2D eigenvalue weighted by atomic mass is 10.3. The molecule has 6 heteroatoms. The molecule has 19 heavy (non-hydrogen) atoms. The maximum absolute atomic E-state index is 4.49. The van der Waals surface area contributed by atoms with Gasteiger partial charge in [-0.2, -0.15) is 0 Å². The molecule has 1 aliphatic rings. The first kappa shape index (κ1) is 13.0. The van der Waals surface area contributed by atoms with Crippen molar-refractivity contribution < 1.29 is 0 Å². The Morgan fingerprint density at radius 2 is 2.21 bits per heavy atom. The molecular formula is C13H15BrN4S. The second-order valence-corrected chi connectivity index (χ2v) is 6.45. The lowest BCUT2D eigenvalue weighted by Gasteiger charge is -2.15. The van der Waals surface area contributed by atoms with Crippen LogP contribution in [0.5, 0.6) is 0 Å². The Labute approximate surface area is 125 Å². The third kappa shape index (κ3) is 2.80. The molecular weight excluding hydrogens is 324 g/mol. The second-order valence-electron chi connectivity index (χ2n) is 4.62. The van der Waals surface area contributed by atoms with Gasteiger partial charge < -0.3 is 10.2 Å². The SMILES string of the molecule is CNC1CCN(c2ncc(-c3cc(Br)cs3)cn2)C1. The van der Waals surface area contributed by atoms with E-state index in [2.05, 4.69) is 47.6 Å². The molecule has 4 nitrogen and oxygen atoms in total. The maximum atomic E-state index is 4.49. The zero-order valence-electron chi connectivity index (χ0n) is 10.6. The summed E-state index contributed by atoms with van der Waals surface area (Å²) in [6, 6.07) is 2.65. The van der Waals surface area contributed by atoms with Crippen molar-refractivity contribution in [2.45, 2.75) is 12.5 Å². The molecule has 0 aliphatic carbocycles. The number of hydrogen-bond donors (Lipinski definition) is 1. The van der Waals surface area contributed by atoms with Gasteiger partial charge in [0, 0.05) is 51.8 Å². The number of rotatable bonds is 3. The highest BCUT2D eigenvalue weighted by molar-refractivity contribution is 9.10. The van der Waals surface area contributed by atoms with Gasteiger partial charge in [0.2, 0.25) is 5.95 Å². The largest absolute Gasteiger partial charge is 0.339 e. The van der Waals surface area contributed by atoms with Crippen LogP contribution in [0, 0.1) is 0 Å². The summed E-state index contributed by atoms with van der Waals surface area (Å²) in [7, 11) is 2.01. The van der Waals surface area contributed by atoms with Gasteiger partial charge >= 0.3 is 0 Å². The molecule has 0 spiro atoms. The van der Waals surface area contributed by atoms with Crippen LogP contribution >= 0.6 is 27.3 Å². The highest BCUT2D eigenvalue weighted by Gasteiger charge is 2.22. The van der Waals surface area contributed by atoms with E-state index in [1.54, 1.807) is 11.3 Å². The first-order chi connectivity index (χ1) is 9.26. The molecule has 0 saturated carbocycles. The predicted octanol–water partition coefficient (Wildman–Crippen LogP) is 2.77. The van der Waals surface area contributed by atoms with E-state index in [9.17, 15) is 0 Å². The smallest absolute Gasteiger partial charge is 0.225 e. The average molecular weight is 339 g/mol. The molecule has 0 amide bonds. The van der Waals surface area contributed by atoms with Crippen LogP contribution < -0.4 is 10.2 Å². The van der Waals surface area contributed by atoms with Crippen molar-refractivity contribution in [1.29, 1.82) is 0 Å². The fourth-order valence-electron chi connectivity index (χ4n) is 2.25. The highest BCUT2D eigenvalue weighted by atomic mass is 79.9. The topological polar surface area (TPSA) is 41.0 Å². The lowest BCUT2D eigenvalue weighted by molar-refractivity contribution is 0.616. The Bertz CT molecular complexity index is 554. The molecule has 1 saturated heterocycles. The molecule has 1 atom stereocenters. The van der Waals surface area contributed by atoms with Gasteiger partial charge in [0.15, 0.2) is 0 Å². The van der Waals surface area contributed by atoms with Crippen LogP contribution in [0.1, 0.15) is 6.42 Å². The molecule has 2 aromatic rings. The van der Waals surface area contributed by atoms with Gasteiger partial charge in [-0.15, -0.1) is 11.3 Å². The molecule has 3 rings (SSSR count). The van der Waals surface area contributed by atoms with E-state index in [0.717, 1.165) is 35.5 Å². The van der Waals surface area contributed by atoms with E-state index in [1.165, 1.54) is 4.88 Å². The quantitative estimate of drug-likeness (QED) is 0.934. The lowest BCUT2D eigenvalue weighted by Crippen LogP contribution is -2.30. The predicted molar refractivity (Wildman–Crippen MR) is 82.7 cm³/mol. The summed E-state index contributed by atoms with van der Waals surface area (Å²) in [5.74, 6) is 0.831. The van der Waals surface area contributed by atoms with E-state index < -0.39 is 0 Å². The number of anilines is 1. The summed E-state index contributed by atoms with van der Waals surface area (Å²) >= 11 is 5.16. The van der Waals surface area contributed by atoms with E-state index in [1.807, 2.05) is 19.4 Å². The minimum atomic E-state index is 0.552. The summed E-state index contributed by atoms with van der Waals surface area (Å²) in [5.41, 5.74) is 1.07. The van der Waals surface area contributed by atoms with Crippen LogP contribution in [0.2, 0.25) is 0 Å². The van der Waals surface area contributed by atoms with Gasteiger partial charge in [0.05, 0.1) is 0 Å². The number of likely N-dealkylation sites (N-methyl/N-ethyl adjacent to an activating group) is 1. The summed E-state index contributed by atoms with van der Waals surface area (Å²) in [4.78, 5) is 12.4. The normalized spacial score (nSPS) is 19.1. The number of hydrogen-bond acceptors (Lipinski definition) is 5. The average Bonchev–Trinajstić information content (AvgIpc) is 3.07. The Balaban J connectivity index is 1.76. The molecule has 1 fully saturated rings. The summed E-state index contributed by atoms with van der Waals surface area (Å²) in [5, 5.41) is 5.37. The third-order valence-corrected chi connectivity index (χ3v) is 5.11. The summed E-state index contributed by atoms with van der Waals surface area (Å²) in [6.07, 6.45) is 4.97. The maximum Gasteiger partial charge on any atom is 0.225 e. The number of nitrogens with zero attached hydrogens (tertiary/aromatic N) is 3. The van der Waals surface area contributed by atoms with Gasteiger partial charge in [-0.25, -0.2) is 9.97 Å². The van der Waals surface area contributed by atoms with Crippen molar-refractivity contribution in [3.8, 4) is 10.4 Å². The third-order valence-electron chi connectivity index (χ3n) is 3.37. The van der Waals surface area contributed by atoms with Crippen molar-refractivity contribution in [2.75, 3.05) is 25.0 Å². The molecule has 1 unspecified atom stereocenters. The van der Waals surface area contributed by atoms with E-state index in [0.29, 0.717) is 6.04 Å². The second kappa shape index (κ2) is 5.56. The van der Waals surface area contributed by atoms with Gasteiger partial charge in [0.25, 0.3) is 0 Å². The van der Waals surface area contributed by atoms with E-state index in [-0.39, 0.29) is 0 Å². The van der Waals surface area contributed by atoms with E-state index >= 15 is 0 Å².